The van der Waals surface area contributed by atoms with Crippen molar-refractivity contribution in [3.05, 3.63) is 72.3 Å². The summed E-state index contributed by atoms with van der Waals surface area (Å²) in [6.45, 7) is 2.63. The van der Waals surface area contributed by atoms with E-state index in [1.807, 2.05) is 11.0 Å². The number of nitrogens with one attached hydrogen (secondary N) is 1. The number of rotatable bonds is 4. The van der Waals surface area contributed by atoms with E-state index in [9.17, 15) is 13.2 Å². The second kappa shape index (κ2) is 7.75. The van der Waals surface area contributed by atoms with Crippen molar-refractivity contribution in [1.29, 1.82) is 0 Å². The van der Waals surface area contributed by atoms with Crippen molar-refractivity contribution in [2.24, 2.45) is 0 Å². The van der Waals surface area contributed by atoms with Gasteiger partial charge in [0.15, 0.2) is 0 Å². The molecule has 1 aliphatic heterocycles. The van der Waals surface area contributed by atoms with Crippen LogP contribution in [0.5, 0.6) is 0 Å². The van der Waals surface area contributed by atoms with Crippen LogP contribution in [0.4, 0.5) is 36.2 Å². The van der Waals surface area contributed by atoms with Crippen LogP contribution in [0.1, 0.15) is 0 Å². The molecule has 0 radical (unpaired) electrons. The average Bonchev–Trinajstić information content (AvgIpc) is 2.71. The molecule has 0 saturated carbocycles. The second-order valence-electron chi connectivity index (χ2n) is 6.44. The van der Waals surface area contributed by atoms with Crippen molar-refractivity contribution >= 4 is 23.0 Å². The second-order valence-corrected chi connectivity index (χ2v) is 6.44. The molecule has 1 N–H and O–H groups in total. The molecule has 0 bridgehead atoms. The summed E-state index contributed by atoms with van der Waals surface area (Å²) in [4.78, 5) is 12.4. The van der Waals surface area contributed by atoms with E-state index in [1.54, 1.807) is 18.2 Å². The molecule has 0 atom stereocenters. The SMILES string of the molecule is Fc1ccc(Nc2cc(N3CCN(c4ccccc4F)CC3)ncn2)c(F)c1. The van der Waals surface area contributed by atoms with Crippen LogP contribution in [-0.4, -0.2) is 36.1 Å². The van der Waals surface area contributed by atoms with Gasteiger partial charge in [-0.05, 0) is 24.3 Å². The average molecular weight is 385 g/mol. The molecule has 1 aromatic heterocycles. The van der Waals surface area contributed by atoms with Gasteiger partial charge in [0.25, 0.3) is 0 Å². The summed E-state index contributed by atoms with van der Waals surface area (Å²) >= 11 is 0. The number of benzene rings is 2. The highest BCUT2D eigenvalue weighted by molar-refractivity contribution is 5.60. The summed E-state index contributed by atoms with van der Waals surface area (Å²) in [5, 5.41) is 2.84. The molecule has 0 spiro atoms. The lowest BCUT2D eigenvalue weighted by atomic mass is 10.2. The van der Waals surface area contributed by atoms with Crippen LogP contribution in [0.15, 0.2) is 54.9 Å². The number of piperazine rings is 1. The number of anilines is 4. The number of nitrogens with zero attached hydrogens (tertiary/aromatic N) is 4. The van der Waals surface area contributed by atoms with Crippen LogP contribution in [0, 0.1) is 17.5 Å². The van der Waals surface area contributed by atoms with Crippen molar-refractivity contribution in [3.8, 4) is 0 Å². The summed E-state index contributed by atoms with van der Waals surface area (Å²) in [5.41, 5.74) is 0.731. The number of hydrogen-bond donors (Lipinski definition) is 1. The monoisotopic (exact) mass is 385 g/mol. The van der Waals surface area contributed by atoms with Gasteiger partial charge in [-0.3, -0.25) is 0 Å². The maximum absolute atomic E-state index is 14.0. The molecular weight excluding hydrogens is 367 g/mol. The highest BCUT2D eigenvalue weighted by atomic mass is 19.1. The fourth-order valence-electron chi connectivity index (χ4n) is 3.20. The first-order valence-electron chi connectivity index (χ1n) is 8.89. The lowest BCUT2D eigenvalue weighted by molar-refractivity contribution is 0.586. The van der Waals surface area contributed by atoms with Gasteiger partial charge in [-0.1, -0.05) is 12.1 Å². The first-order chi connectivity index (χ1) is 13.6. The van der Waals surface area contributed by atoms with Gasteiger partial charge >= 0.3 is 0 Å². The van der Waals surface area contributed by atoms with Crippen LogP contribution in [0.25, 0.3) is 0 Å². The van der Waals surface area contributed by atoms with Gasteiger partial charge in [-0.2, -0.15) is 0 Å². The standard InChI is InChI=1S/C20H18F3N5/c21-14-5-6-17(16(23)11-14)26-19-12-20(25-13-24-19)28-9-7-27(8-10-28)18-4-2-1-3-15(18)22/h1-6,11-13H,7-10H2,(H,24,25,26). The molecule has 0 unspecified atom stereocenters. The van der Waals surface area contributed by atoms with Gasteiger partial charge in [-0.25, -0.2) is 23.1 Å². The molecule has 3 aromatic rings. The summed E-state index contributed by atoms with van der Waals surface area (Å²) in [6.07, 6.45) is 1.39. The molecule has 144 valence electrons. The topological polar surface area (TPSA) is 44.3 Å². The quantitative estimate of drug-likeness (QED) is 0.736. The molecule has 4 rings (SSSR count). The van der Waals surface area contributed by atoms with Gasteiger partial charge in [0.05, 0.1) is 11.4 Å². The van der Waals surface area contributed by atoms with Crippen LogP contribution in [0.2, 0.25) is 0 Å². The van der Waals surface area contributed by atoms with E-state index < -0.39 is 11.6 Å². The predicted molar refractivity (Wildman–Crippen MR) is 102 cm³/mol. The Kier molecular flexibility index (Phi) is 5.01. The number of halogens is 3. The molecular formula is C20H18F3N5. The van der Waals surface area contributed by atoms with Crippen molar-refractivity contribution in [3.63, 3.8) is 0 Å². The Morgan fingerprint density at radius 3 is 2.29 bits per heavy atom. The summed E-state index contributed by atoms with van der Waals surface area (Å²) in [6, 6.07) is 11.7. The Balaban J connectivity index is 1.44. The minimum atomic E-state index is -0.696. The zero-order chi connectivity index (χ0) is 19.5. The molecule has 1 fully saturated rings. The van der Waals surface area contributed by atoms with Gasteiger partial charge in [0, 0.05) is 38.3 Å². The van der Waals surface area contributed by atoms with Gasteiger partial charge in [-0.15, -0.1) is 0 Å². The fraction of sp³-hybridized carbons (Fsp3) is 0.200. The maximum atomic E-state index is 14.0. The van der Waals surface area contributed by atoms with Crippen LogP contribution in [-0.2, 0) is 0 Å². The zero-order valence-corrected chi connectivity index (χ0v) is 14.9. The van der Waals surface area contributed by atoms with Gasteiger partial charge in [0.2, 0.25) is 0 Å². The van der Waals surface area contributed by atoms with Gasteiger partial charge < -0.3 is 15.1 Å². The lowest BCUT2D eigenvalue weighted by Crippen LogP contribution is -2.47. The molecule has 5 nitrogen and oxygen atoms in total. The normalized spacial score (nSPS) is 14.2. The molecule has 1 saturated heterocycles. The minimum Gasteiger partial charge on any atom is -0.366 e. The van der Waals surface area contributed by atoms with Crippen molar-refractivity contribution in [1.82, 2.24) is 9.97 Å². The van der Waals surface area contributed by atoms with E-state index in [2.05, 4.69) is 20.2 Å². The van der Waals surface area contributed by atoms with E-state index in [-0.39, 0.29) is 11.5 Å². The van der Waals surface area contributed by atoms with E-state index in [0.717, 1.165) is 6.07 Å². The third kappa shape index (κ3) is 3.85. The van der Waals surface area contributed by atoms with Crippen molar-refractivity contribution in [2.75, 3.05) is 41.3 Å². The molecule has 2 aromatic carbocycles. The first-order valence-corrected chi connectivity index (χ1v) is 8.89. The van der Waals surface area contributed by atoms with Crippen molar-refractivity contribution < 1.29 is 13.2 Å². The number of aromatic nitrogens is 2. The van der Waals surface area contributed by atoms with Crippen LogP contribution >= 0.6 is 0 Å². The van der Waals surface area contributed by atoms with E-state index in [4.69, 9.17) is 0 Å². The third-order valence-electron chi connectivity index (χ3n) is 4.64. The third-order valence-corrected chi connectivity index (χ3v) is 4.64. The molecule has 8 heteroatoms. The van der Waals surface area contributed by atoms with Crippen molar-refractivity contribution in [2.45, 2.75) is 0 Å². The smallest absolute Gasteiger partial charge is 0.149 e. The lowest BCUT2D eigenvalue weighted by Gasteiger charge is -2.36. The molecule has 28 heavy (non-hydrogen) atoms. The molecule has 0 amide bonds. The fourth-order valence-corrected chi connectivity index (χ4v) is 3.20. The maximum Gasteiger partial charge on any atom is 0.149 e. The molecule has 0 aliphatic carbocycles. The summed E-state index contributed by atoms with van der Waals surface area (Å²) < 4.78 is 40.9. The number of para-hydroxylation sites is 1. The number of hydrogen-bond acceptors (Lipinski definition) is 5. The largest absolute Gasteiger partial charge is 0.366 e. The highest BCUT2D eigenvalue weighted by Crippen LogP contribution is 2.24. The van der Waals surface area contributed by atoms with Crippen LogP contribution in [0.3, 0.4) is 0 Å². The highest BCUT2D eigenvalue weighted by Gasteiger charge is 2.20. The van der Waals surface area contributed by atoms with E-state index >= 15 is 0 Å². The first kappa shape index (κ1) is 18.1. The van der Waals surface area contributed by atoms with E-state index in [0.29, 0.717) is 43.5 Å². The van der Waals surface area contributed by atoms with Crippen LogP contribution < -0.4 is 15.1 Å². The summed E-state index contributed by atoms with van der Waals surface area (Å²) in [7, 11) is 0. The molecule has 1 aliphatic rings. The Hall–Kier alpha value is -3.29. The Morgan fingerprint density at radius 2 is 1.54 bits per heavy atom. The predicted octanol–water partition coefficient (Wildman–Crippen LogP) is 3.96. The van der Waals surface area contributed by atoms with Gasteiger partial charge in [0.1, 0.15) is 35.4 Å². The Morgan fingerprint density at radius 1 is 0.786 bits per heavy atom. The Labute approximate surface area is 160 Å². The Bertz CT molecular complexity index is 974. The minimum absolute atomic E-state index is 0.135. The van der Waals surface area contributed by atoms with E-state index in [1.165, 1.54) is 24.5 Å². The summed E-state index contributed by atoms with van der Waals surface area (Å²) in [5.74, 6) is -0.469. The zero-order valence-electron chi connectivity index (χ0n) is 14.9. The molecule has 2 heterocycles.